The molecule has 0 aromatic carbocycles. The van der Waals surface area contributed by atoms with Crippen LogP contribution in [-0.2, 0) is 95.6 Å². The van der Waals surface area contributed by atoms with E-state index in [4.69, 9.17) is 0 Å². The van der Waals surface area contributed by atoms with E-state index in [1.54, 1.807) is 0 Å². The second-order valence-electron chi connectivity index (χ2n) is 0. The molecule has 0 aliphatic heterocycles. The molecule has 0 nitrogen and oxygen atoms in total. The molecule has 0 spiro atoms. The molecular formula is CrCuMnNbTi. The predicted octanol–water partition coefficient (Wildman–Crippen LogP) is -0.0125. The Morgan fingerprint density at radius 3 is 1.00 bits per heavy atom. The van der Waals surface area contributed by atoms with Gasteiger partial charge in [0.1, 0.15) is 0 Å². The maximum atomic E-state index is 0. The first-order valence-electron chi connectivity index (χ1n) is 0. The molecule has 0 saturated heterocycles. The van der Waals surface area contributed by atoms with Crippen molar-refractivity contribution >= 4 is 0 Å². The summed E-state index contributed by atoms with van der Waals surface area (Å²) in [5.74, 6) is 0. The molecule has 0 rings (SSSR count). The zero-order valence-corrected chi connectivity index (χ0v) is 9.19. The van der Waals surface area contributed by atoms with Gasteiger partial charge in [-0.25, -0.2) is 0 Å². The Labute approximate surface area is 94.1 Å². The van der Waals surface area contributed by atoms with Crippen molar-refractivity contribution in [3.05, 3.63) is 0 Å². The monoisotopic (exact) mass is 311 g/mol. The van der Waals surface area contributed by atoms with Crippen molar-refractivity contribution in [1.82, 2.24) is 0 Å². The van der Waals surface area contributed by atoms with Crippen molar-refractivity contribution in [2.75, 3.05) is 0 Å². The van der Waals surface area contributed by atoms with Crippen LogP contribution in [0.15, 0.2) is 0 Å². The molecule has 0 aromatic rings. The van der Waals surface area contributed by atoms with E-state index in [-0.39, 0.29) is 95.6 Å². The average molecular weight is 311 g/mol. The summed E-state index contributed by atoms with van der Waals surface area (Å²) in [4.78, 5) is 0. The first-order chi connectivity index (χ1) is 0. The Kier molecular flexibility index (Phi) is 241. The van der Waals surface area contributed by atoms with Crippen LogP contribution in [0, 0.1) is 0 Å². The third-order valence-electron chi connectivity index (χ3n) is 0. The van der Waals surface area contributed by atoms with Crippen LogP contribution in [0.25, 0.3) is 0 Å². The van der Waals surface area contributed by atoms with Crippen LogP contribution in [0.5, 0.6) is 0 Å². The molecule has 0 aliphatic carbocycles. The number of hydrogen-bond acceptors (Lipinski definition) is 0. The van der Waals surface area contributed by atoms with Gasteiger partial charge in [0.25, 0.3) is 0 Å². The Morgan fingerprint density at radius 2 is 1.00 bits per heavy atom. The van der Waals surface area contributed by atoms with Crippen LogP contribution < -0.4 is 0 Å². The molecule has 33 valence electrons. The molecule has 0 heterocycles. The van der Waals surface area contributed by atoms with E-state index >= 15 is 0 Å². The van der Waals surface area contributed by atoms with Crippen molar-refractivity contribution in [3.8, 4) is 0 Å². The second kappa shape index (κ2) is 27.9. The van der Waals surface area contributed by atoms with Gasteiger partial charge in [0.05, 0.1) is 0 Å². The average Bonchev–Trinajstić information content (AvgIpc) is 0. The predicted molar refractivity (Wildman–Crippen MR) is 0 cm³/mol. The van der Waals surface area contributed by atoms with Crippen LogP contribution >= 0.6 is 0 Å². The van der Waals surface area contributed by atoms with Crippen LogP contribution in [0.3, 0.4) is 0 Å². The fourth-order valence-electron chi connectivity index (χ4n) is 0. The summed E-state index contributed by atoms with van der Waals surface area (Å²) in [5.41, 5.74) is 0. The van der Waals surface area contributed by atoms with Gasteiger partial charge in [0, 0.05) is 95.6 Å². The first kappa shape index (κ1) is 43.3. The molecule has 0 amide bonds. The molecule has 5 heteroatoms. The minimum Gasteiger partial charge on any atom is 0 e. The van der Waals surface area contributed by atoms with Crippen molar-refractivity contribution in [2.45, 2.75) is 0 Å². The van der Waals surface area contributed by atoms with Crippen molar-refractivity contribution in [3.63, 3.8) is 0 Å². The van der Waals surface area contributed by atoms with Crippen LogP contribution in [0.1, 0.15) is 0 Å². The smallest absolute Gasteiger partial charge is 0 e. The van der Waals surface area contributed by atoms with Crippen LogP contribution in [0.4, 0.5) is 0 Å². The summed E-state index contributed by atoms with van der Waals surface area (Å²) >= 11 is 0. The van der Waals surface area contributed by atoms with Gasteiger partial charge in [-0.05, 0) is 0 Å². The van der Waals surface area contributed by atoms with Gasteiger partial charge in [0.15, 0.2) is 0 Å². The summed E-state index contributed by atoms with van der Waals surface area (Å²) in [6.45, 7) is 0. The van der Waals surface area contributed by atoms with Gasteiger partial charge in [-0.2, -0.15) is 0 Å². The van der Waals surface area contributed by atoms with Crippen molar-refractivity contribution in [2.24, 2.45) is 0 Å². The number of hydrogen-bond donors (Lipinski definition) is 0. The second-order valence-corrected chi connectivity index (χ2v) is 0. The molecule has 0 aliphatic rings. The van der Waals surface area contributed by atoms with Gasteiger partial charge < -0.3 is 0 Å². The van der Waals surface area contributed by atoms with Gasteiger partial charge in [0.2, 0.25) is 0 Å². The maximum Gasteiger partial charge on any atom is 0 e. The van der Waals surface area contributed by atoms with Gasteiger partial charge in [-0.1, -0.05) is 0 Å². The molecule has 0 saturated carbocycles. The van der Waals surface area contributed by atoms with E-state index in [0.29, 0.717) is 0 Å². The van der Waals surface area contributed by atoms with E-state index in [1.165, 1.54) is 0 Å². The Morgan fingerprint density at radius 1 is 1.00 bits per heavy atom. The molecule has 0 fully saturated rings. The normalized spacial score (nSPS) is 0. The zero-order valence-electron chi connectivity index (χ0n) is 2.03. The minimum absolute atomic E-state index is 0. The minimum atomic E-state index is 0. The van der Waals surface area contributed by atoms with Gasteiger partial charge in [-0.3, -0.25) is 0 Å². The van der Waals surface area contributed by atoms with E-state index in [1.807, 2.05) is 0 Å². The third-order valence-corrected chi connectivity index (χ3v) is 0. The summed E-state index contributed by atoms with van der Waals surface area (Å²) < 4.78 is 0. The van der Waals surface area contributed by atoms with E-state index < -0.39 is 0 Å². The van der Waals surface area contributed by atoms with E-state index in [2.05, 4.69) is 0 Å². The molecule has 0 aromatic heterocycles. The van der Waals surface area contributed by atoms with Gasteiger partial charge >= 0.3 is 0 Å². The molecule has 0 atom stereocenters. The quantitative estimate of drug-likeness (QED) is 0.552. The van der Waals surface area contributed by atoms with Crippen molar-refractivity contribution in [1.29, 1.82) is 0 Å². The molecule has 3 radical (unpaired) electrons. The Hall–Kier alpha value is 3.03. The molecule has 5 heavy (non-hydrogen) atoms. The SMILES string of the molecule is [Cr].[Cu].[Mn].[Nb].[Ti]. The largest absolute Gasteiger partial charge is 0 e. The molecule has 0 N–H and O–H groups in total. The standard InChI is InChI=1S/Cr.Cu.Mn.Nb.Ti. The summed E-state index contributed by atoms with van der Waals surface area (Å²) in [5, 5.41) is 0. The molecule has 0 bridgehead atoms. The maximum absolute atomic E-state index is 0. The summed E-state index contributed by atoms with van der Waals surface area (Å²) in [7, 11) is 0. The van der Waals surface area contributed by atoms with Crippen molar-refractivity contribution < 1.29 is 95.6 Å². The topological polar surface area (TPSA) is 0 Å². The van der Waals surface area contributed by atoms with E-state index in [0.717, 1.165) is 0 Å². The summed E-state index contributed by atoms with van der Waals surface area (Å²) in [6, 6.07) is 0. The van der Waals surface area contributed by atoms with Crippen LogP contribution in [-0.4, -0.2) is 0 Å². The van der Waals surface area contributed by atoms with Crippen LogP contribution in [0.2, 0.25) is 0 Å². The first-order valence-corrected chi connectivity index (χ1v) is 0. The number of rotatable bonds is 0. The molecular weight excluding hydrogens is 311 g/mol. The Balaban J connectivity index is 0. The molecule has 0 unspecified atom stereocenters. The fourth-order valence-corrected chi connectivity index (χ4v) is 0. The van der Waals surface area contributed by atoms with Gasteiger partial charge in [-0.15, -0.1) is 0 Å². The Bertz CT molecular complexity index is 11.6. The zero-order chi connectivity index (χ0) is 0. The fraction of sp³-hybridized carbons (Fsp3) is 0. The van der Waals surface area contributed by atoms with E-state index in [9.17, 15) is 0 Å². The summed E-state index contributed by atoms with van der Waals surface area (Å²) in [6.07, 6.45) is 0. The third kappa shape index (κ3) is 19.4.